The Morgan fingerprint density at radius 2 is 2.00 bits per heavy atom. The van der Waals surface area contributed by atoms with E-state index in [4.69, 9.17) is 0 Å². The highest BCUT2D eigenvalue weighted by Gasteiger charge is 1.88. The minimum Gasteiger partial charge on any atom is -0.295 e. The Kier molecular flexibility index (Phi) is 3.27. The first kappa shape index (κ1) is 8.72. The van der Waals surface area contributed by atoms with Gasteiger partial charge in [-0.3, -0.25) is 4.79 Å². The van der Waals surface area contributed by atoms with Gasteiger partial charge in [-0.15, -0.1) is 0 Å². The van der Waals surface area contributed by atoms with Gasteiger partial charge in [0.05, 0.1) is 0 Å². The van der Waals surface area contributed by atoms with Gasteiger partial charge in [0.25, 0.3) is 0 Å². The average molecular weight is 160 g/mol. The lowest BCUT2D eigenvalue weighted by Crippen LogP contribution is -1.86. The van der Waals surface area contributed by atoms with Crippen LogP contribution < -0.4 is 0 Å². The largest absolute Gasteiger partial charge is 0.295 e. The van der Waals surface area contributed by atoms with Gasteiger partial charge in [0.15, 0.2) is 5.78 Å². The van der Waals surface area contributed by atoms with Crippen molar-refractivity contribution in [1.82, 2.24) is 0 Å². The van der Waals surface area contributed by atoms with E-state index in [1.807, 2.05) is 43.3 Å². The molecule has 0 fully saturated rings. The van der Waals surface area contributed by atoms with Gasteiger partial charge < -0.3 is 0 Å². The maximum absolute atomic E-state index is 10.9. The fourth-order valence-electron chi connectivity index (χ4n) is 0.871. The third-order valence-corrected chi connectivity index (χ3v) is 1.61. The number of rotatable bonds is 3. The summed E-state index contributed by atoms with van der Waals surface area (Å²) in [4.78, 5) is 10.9. The molecule has 1 rings (SSSR count). The first-order valence-corrected chi connectivity index (χ1v) is 4.09. The molecule has 1 aromatic carbocycles. The Morgan fingerprint density at radius 3 is 2.58 bits per heavy atom. The molecule has 0 aromatic heterocycles. The zero-order valence-corrected chi connectivity index (χ0v) is 7.16. The molecule has 0 radical (unpaired) electrons. The van der Waals surface area contributed by atoms with Crippen LogP contribution in [0.1, 0.15) is 18.9 Å². The number of hydrogen-bond acceptors (Lipinski definition) is 1. The molecule has 1 heteroatoms. The minimum absolute atomic E-state index is 0.166. The van der Waals surface area contributed by atoms with Crippen LogP contribution in [0.5, 0.6) is 0 Å². The van der Waals surface area contributed by atoms with Crippen molar-refractivity contribution in [2.75, 3.05) is 0 Å². The van der Waals surface area contributed by atoms with Crippen LogP contribution in [0, 0.1) is 0 Å². The molecule has 0 atom stereocenters. The number of carbonyl (C=O) groups is 1. The Bertz CT molecular complexity index is 272. The van der Waals surface area contributed by atoms with Crippen molar-refractivity contribution in [1.29, 1.82) is 0 Å². The van der Waals surface area contributed by atoms with Crippen molar-refractivity contribution in [2.45, 2.75) is 13.3 Å². The predicted octanol–water partition coefficient (Wildman–Crippen LogP) is 2.68. The highest BCUT2D eigenvalue weighted by Crippen LogP contribution is 2.01. The van der Waals surface area contributed by atoms with Crippen molar-refractivity contribution in [3.05, 3.63) is 42.0 Å². The van der Waals surface area contributed by atoms with E-state index in [0.29, 0.717) is 6.42 Å². The zero-order valence-electron chi connectivity index (χ0n) is 7.16. The lowest BCUT2D eigenvalue weighted by atomic mass is 10.2. The van der Waals surface area contributed by atoms with Gasteiger partial charge in [-0.2, -0.15) is 0 Å². The summed E-state index contributed by atoms with van der Waals surface area (Å²) in [5, 5.41) is 0. The number of carbonyl (C=O) groups excluding carboxylic acids is 1. The summed E-state index contributed by atoms with van der Waals surface area (Å²) in [6.45, 7) is 1.86. The maximum atomic E-state index is 10.9. The molecule has 0 N–H and O–H groups in total. The molecule has 0 heterocycles. The van der Waals surface area contributed by atoms with Crippen LogP contribution in [0.2, 0.25) is 0 Å². The van der Waals surface area contributed by atoms with E-state index >= 15 is 0 Å². The molecule has 0 unspecified atom stereocenters. The monoisotopic (exact) mass is 160 g/mol. The van der Waals surface area contributed by atoms with Crippen LogP contribution in [0.4, 0.5) is 0 Å². The fraction of sp³-hybridized carbons (Fsp3) is 0.182. The Hall–Kier alpha value is -1.37. The molecule has 0 aliphatic heterocycles. The molecule has 0 saturated carbocycles. The van der Waals surface area contributed by atoms with Gasteiger partial charge in [0, 0.05) is 6.42 Å². The van der Waals surface area contributed by atoms with Crippen molar-refractivity contribution in [2.24, 2.45) is 0 Å². The quantitative estimate of drug-likeness (QED) is 0.621. The number of allylic oxidation sites excluding steroid dienone is 1. The second-order valence-electron chi connectivity index (χ2n) is 2.56. The van der Waals surface area contributed by atoms with Crippen molar-refractivity contribution in [3.8, 4) is 0 Å². The summed E-state index contributed by atoms with van der Waals surface area (Å²) < 4.78 is 0. The molecule has 0 bridgehead atoms. The highest BCUT2D eigenvalue weighted by atomic mass is 16.1. The molecule has 0 amide bonds. The van der Waals surface area contributed by atoms with Gasteiger partial charge in [0.2, 0.25) is 0 Å². The average Bonchev–Trinajstić information content (AvgIpc) is 2.16. The van der Waals surface area contributed by atoms with Gasteiger partial charge >= 0.3 is 0 Å². The van der Waals surface area contributed by atoms with E-state index in [1.165, 1.54) is 0 Å². The first-order chi connectivity index (χ1) is 5.83. The van der Waals surface area contributed by atoms with Gasteiger partial charge in [-0.1, -0.05) is 43.3 Å². The molecule has 1 nitrogen and oxygen atoms in total. The van der Waals surface area contributed by atoms with Crippen LogP contribution in [-0.4, -0.2) is 5.78 Å². The second kappa shape index (κ2) is 4.50. The molecular weight excluding hydrogens is 148 g/mol. The molecule has 12 heavy (non-hydrogen) atoms. The smallest absolute Gasteiger partial charge is 0.155 e. The van der Waals surface area contributed by atoms with E-state index < -0.39 is 0 Å². The first-order valence-electron chi connectivity index (χ1n) is 4.09. The molecule has 62 valence electrons. The Labute approximate surface area is 72.7 Å². The van der Waals surface area contributed by atoms with Crippen molar-refractivity contribution in [3.63, 3.8) is 0 Å². The van der Waals surface area contributed by atoms with Crippen LogP contribution in [0.25, 0.3) is 6.08 Å². The second-order valence-corrected chi connectivity index (χ2v) is 2.56. The third-order valence-electron chi connectivity index (χ3n) is 1.61. The molecular formula is C11H12O. The van der Waals surface area contributed by atoms with E-state index in [9.17, 15) is 4.79 Å². The highest BCUT2D eigenvalue weighted by molar-refractivity contribution is 5.93. The van der Waals surface area contributed by atoms with Gasteiger partial charge in [-0.25, -0.2) is 0 Å². The Balaban J connectivity index is 2.64. The normalized spacial score (nSPS) is 10.4. The standard InChI is InChI=1S/C11H12O/c1-2-11(12)9-8-10-6-4-3-5-7-10/h3-9H,2H2,1H3. The van der Waals surface area contributed by atoms with Crippen LogP contribution in [0.3, 0.4) is 0 Å². The summed E-state index contributed by atoms with van der Waals surface area (Å²) in [6.07, 6.45) is 4.03. The maximum Gasteiger partial charge on any atom is 0.155 e. The number of benzene rings is 1. The third kappa shape index (κ3) is 2.70. The summed E-state index contributed by atoms with van der Waals surface area (Å²) in [7, 11) is 0. The molecule has 1 aromatic rings. The van der Waals surface area contributed by atoms with Crippen molar-refractivity contribution < 1.29 is 4.79 Å². The fourth-order valence-corrected chi connectivity index (χ4v) is 0.871. The predicted molar refractivity (Wildman–Crippen MR) is 50.8 cm³/mol. The number of hydrogen-bond donors (Lipinski definition) is 0. The summed E-state index contributed by atoms with van der Waals surface area (Å²) in [5.41, 5.74) is 1.07. The Morgan fingerprint density at radius 1 is 1.33 bits per heavy atom. The molecule has 0 spiro atoms. The SMILES string of the molecule is CCC(=O)C=Cc1ccccc1. The summed E-state index contributed by atoms with van der Waals surface area (Å²) in [6, 6.07) is 9.81. The summed E-state index contributed by atoms with van der Waals surface area (Å²) >= 11 is 0. The summed E-state index contributed by atoms with van der Waals surface area (Å²) in [5.74, 6) is 0.166. The minimum atomic E-state index is 0.166. The van der Waals surface area contributed by atoms with E-state index in [-0.39, 0.29) is 5.78 Å². The number of ketones is 1. The van der Waals surface area contributed by atoms with Crippen LogP contribution in [-0.2, 0) is 4.79 Å². The van der Waals surface area contributed by atoms with Gasteiger partial charge in [0.1, 0.15) is 0 Å². The molecule has 0 aliphatic carbocycles. The molecule has 0 saturated heterocycles. The lowest BCUT2D eigenvalue weighted by molar-refractivity contribution is -0.114. The zero-order chi connectivity index (χ0) is 8.81. The van der Waals surface area contributed by atoms with Crippen LogP contribution >= 0.6 is 0 Å². The topological polar surface area (TPSA) is 17.1 Å². The van der Waals surface area contributed by atoms with E-state index in [2.05, 4.69) is 0 Å². The van der Waals surface area contributed by atoms with E-state index in [0.717, 1.165) is 5.56 Å². The van der Waals surface area contributed by atoms with Crippen molar-refractivity contribution >= 4 is 11.9 Å². The van der Waals surface area contributed by atoms with Gasteiger partial charge in [-0.05, 0) is 11.6 Å². The van der Waals surface area contributed by atoms with E-state index in [1.54, 1.807) is 6.08 Å². The van der Waals surface area contributed by atoms with Crippen LogP contribution in [0.15, 0.2) is 36.4 Å². The molecule has 0 aliphatic rings. The lowest BCUT2D eigenvalue weighted by Gasteiger charge is -1.89.